The molecule has 5 fully saturated rings. The van der Waals surface area contributed by atoms with Crippen molar-refractivity contribution in [1.82, 2.24) is 34.7 Å². The molecule has 10 aliphatic rings. The van der Waals surface area contributed by atoms with Crippen molar-refractivity contribution in [2.45, 2.75) is 124 Å². The molecule has 5 aromatic rings. The molecule has 0 radical (unpaired) electrons. The highest BCUT2D eigenvalue weighted by Gasteiger charge is 2.50. The summed E-state index contributed by atoms with van der Waals surface area (Å²) in [5, 5.41) is 26.3. The maximum Gasteiger partial charge on any atom is 0.320 e. The van der Waals surface area contributed by atoms with Crippen LogP contribution in [0.4, 0.5) is 4.79 Å². The lowest BCUT2D eigenvalue weighted by molar-refractivity contribution is -0.147. The van der Waals surface area contributed by atoms with Gasteiger partial charge in [-0.3, -0.25) is 38.8 Å². The van der Waals surface area contributed by atoms with E-state index in [9.17, 15) is 19.2 Å². The summed E-state index contributed by atoms with van der Waals surface area (Å²) in [6.45, 7) is 15.9. The Morgan fingerprint density at radius 3 is 1.28 bits per heavy atom. The van der Waals surface area contributed by atoms with E-state index in [0.29, 0.717) is 86.6 Å². The second-order valence-corrected chi connectivity index (χ2v) is 30.1. The van der Waals surface area contributed by atoms with Crippen LogP contribution in [-0.4, -0.2) is 140 Å². The summed E-state index contributed by atoms with van der Waals surface area (Å²) in [7, 11) is 1.82. The molecule has 1 aliphatic carbocycles. The van der Waals surface area contributed by atoms with Crippen molar-refractivity contribution in [1.29, 1.82) is 0 Å². The maximum absolute atomic E-state index is 13.0. The van der Waals surface area contributed by atoms with E-state index in [2.05, 4.69) is 118 Å². The largest absolute Gasteiger partial charge is 0.369 e. The van der Waals surface area contributed by atoms with Gasteiger partial charge >= 0.3 is 6.03 Å². The number of likely N-dealkylation sites (tertiary alicyclic amines) is 4. The van der Waals surface area contributed by atoms with E-state index in [0.717, 1.165) is 91.6 Å². The number of benzene rings is 4. The summed E-state index contributed by atoms with van der Waals surface area (Å²) in [6, 6.07) is 31.2. The molecular formula is C78H78Cl4N12O8. The highest BCUT2D eigenvalue weighted by Crippen LogP contribution is 2.42. The summed E-state index contributed by atoms with van der Waals surface area (Å²) < 4.78 is 1.69. The van der Waals surface area contributed by atoms with Crippen LogP contribution in [0, 0.1) is 94.7 Å². The Morgan fingerprint density at radius 1 is 0.529 bits per heavy atom. The van der Waals surface area contributed by atoms with Crippen LogP contribution in [0.2, 0.25) is 20.1 Å². The Labute approximate surface area is 614 Å². The second-order valence-electron chi connectivity index (χ2n) is 28.3. The van der Waals surface area contributed by atoms with Crippen LogP contribution in [0.3, 0.4) is 0 Å². The van der Waals surface area contributed by atoms with Gasteiger partial charge in [-0.05, 0) is 178 Å². The molecule has 8 unspecified atom stereocenters. The molecule has 24 heteroatoms. The van der Waals surface area contributed by atoms with E-state index in [1.165, 1.54) is 0 Å². The fourth-order valence-corrected chi connectivity index (χ4v) is 14.1. The van der Waals surface area contributed by atoms with Gasteiger partial charge in [0.05, 0.1) is 23.7 Å². The predicted octanol–water partition coefficient (Wildman–Crippen LogP) is 13.2. The molecule has 1 N–H and O–H groups in total. The lowest BCUT2D eigenvalue weighted by atomic mass is 9.73. The molecular weight excluding hydrogens is 1370 g/mol. The number of hydrogen-bond acceptors (Lipinski definition) is 14. The molecule has 102 heavy (non-hydrogen) atoms. The predicted molar refractivity (Wildman–Crippen MR) is 394 cm³/mol. The number of allylic oxidation sites excluding steroid dienone is 1. The number of nitrogens with one attached hydrogen (secondary N) is 1. The molecule has 10 heterocycles. The van der Waals surface area contributed by atoms with E-state index < -0.39 is 6.23 Å². The highest BCUT2D eigenvalue weighted by atomic mass is 35.5. The van der Waals surface area contributed by atoms with Crippen LogP contribution in [0.1, 0.15) is 131 Å². The first kappa shape index (κ1) is 72.3. The number of amides is 5. The molecule has 5 amide bonds. The number of urea groups is 1. The molecule has 526 valence electrons. The summed E-state index contributed by atoms with van der Waals surface area (Å²) in [4.78, 5) is 83.8. The Hall–Kier alpha value is -9.54. The van der Waals surface area contributed by atoms with Crippen LogP contribution in [0.5, 0.6) is 0 Å². The van der Waals surface area contributed by atoms with Crippen molar-refractivity contribution >= 4 is 99.2 Å². The maximum atomic E-state index is 13.0. The topological polar surface area (TPSA) is 210 Å². The van der Waals surface area contributed by atoms with Gasteiger partial charge in [0.25, 0.3) is 11.8 Å². The number of carbonyl (C=O) groups excluding carboxylic acids is 4. The van der Waals surface area contributed by atoms with Gasteiger partial charge in [-0.15, -0.1) is 0 Å². The standard InChI is InChI=1S/C22H25ClN2O2.C19H17ClN4O2.C19H22ClN3O2.C18H14ClN3O2/c1-22(2)11-8-16(9-12-22)20(26)25-13-10-18-19(24-27-21(18)25)7-6-15-4-3-5-17(23)14-15;1-12-10-17(21-23(12)2)18(25)24-9-8-15-16(22-26-19(15)24)7-6-13-4-3-5-14(20)11-13;1-19(2,3)12-21-18(24)23-10-9-15-16(22-25-17(15)23)8-7-13-5-4-6-14(20)11-13;19-13-4-1-3-12(11-13)6-7-15-14-8-10-22(18(14)24-21-15)17(23)16-5-2-9-20-16/h3-5,14,16,18,21H,8-13H2,1-2H3;3-5,10-11,15,19H,8-9H2,1-2H3;4-6,11,15,17H,9-10,12H2,1-3H3,(H,21,24);1,3-5,9,11,14,18H,2,8,10H2. The van der Waals surface area contributed by atoms with Crippen molar-refractivity contribution in [2.24, 2.45) is 73.1 Å². The number of aliphatic imine (C=N–C) groups is 1. The first-order valence-corrected chi connectivity index (χ1v) is 35.8. The molecule has 8 atom stereocenters. The number of rotatable bonds is 4. The smallest absolute Gasteiger partial charge is 0.320 e. The van der Waals surface area contributed by atoms with Crippen LogP contribution in [-0.2, 0) is 36.0 Å². The summed E-state index contributed by atoms with van der Waals surface area (Å²) in [5.41, 5.74) is 8.34. The Bertz CT molecular complexity index is 4520. The Morgan fingerprint density at radius 2 is 0.912 bits per heavy atom. The van der Waals surface area contributed by atoms with Gasteiger partial charge in [0, 0.05) is 106 Å². The van der Waals surface area contributed by atoms with Gasteiger partial charge in [-0.1, -0.05) is 150 Å². The van der Waals surface area contributed by atoms with Crippen molar-refractivity contribution in [3.05, 3.63) is 169 Å². The van der Waals surface area contributed by atoms with E-state index in [4.69, 9.17) is 65.8 Å². The third kappa shape index (κ3) is 17.5. The number of hydrogen-bond donors (Lipinski definition) is 1. The number of fused-ring (bicyclic) bond motifs is 4. The van der Waals surface area contributed by atoms with Crippen molar-refractivity contribution in [2.75, 3.05) is 32.7 Å². The van der Waals surface area contributed by atoms with Gasteiger partial charge in [0.1, 0.15) is 28.5 Å². The number of oxime groups is 4. The van der Waals surface area contributed by atoms with Crippen LogP contribution in [0.25, 0.3) is 0 Å². The average Bonchev–Trinajstić information content (AvgIpc) is 1.63. The summed E-state index contributed by atoms with van der Waals surface area (Å²) in [6.07, 6.45) is 10.2. The second kappa shape index (κ2) is 31.8. The average molecular weight is 1450 g/mol. The van der Waals surface area contributed by atoms with E-state index >= 15 is 0 Å². The van der Waals surface area contributed by atoms with Crippen molar-refractivity contribution < 1.29 is 38.5 Å². The molecule has 4 saturated heterocycles. The zero-order valence-corrected chi connectivity index (χ0v) is 60.8. The Balaban J connectivity index is 0.000000129. The van der Waals surface area contributed by atoms with Crippen LogP contribution in [0.15, 0.2) is 141 Å². The van der Waals surface area contributed by atoms with Crippen LogP contribution >= 0.6 is 46.4 Å². The van der Waals surface area contributed by atoms with Gasteiger partial charge in [0.15, 0.2) is 5.69 Å². The number of nitrogens with zero attached hydrogens (tertiary/aromatic N) is 11. The fourth-order valence-electron chi connectivity index (χ4n) is 13.3. The van der Waals surface area contributed by atoms with Crippen LogP contribution < -0.4 is 5.32 Å². The fraction of sp³-hybridized carbons (Fsp3) is 0.410. The number of carbonyl (C=O) groups is 4. The van der Waals surface area contributed by atoms with Crippen molar-refractivity contribution in [3.8, 4) is 47.4 Å². The van der Waals surface area contributed by atoms with Gasteiger partial charge in [0.2, 0.25) is 30.8 Å². The van der Waals surface area contributed by atoms with E-state index in [1.54, 1.807) is 55.9 Å². The van der Waals surface area contributed by atoms with E-state index in [1.807, 2.05) is 97.7 Å². The molecule has 20 nitrogen and oxygen atoms in total. The molecule has 1 saturated carbocycles. The minimum Gasteiger partial charge on any atom is -0.369 e. The molecule has 1 aromatic heterocycles. The Kier molecular flexibility index (Phi) is 22.5. The zero-order valence-electron chi connectivity index (χ0n) is 57.8. The van der Waals surface area contributed by atoms with Crippen molar-refractivity contribution in [3.63, 3.8) is 0 Å². The van der Waals surface area contributed by atoms with Gasteiger partial charge in [-0.2, -0.15) is 5.10 Å². The SMILES string of the molecule is CC(C)(C)CNC(=O)N1CCC2C(C#Cc3cccc(Cl)c3)=NOC21.CC1(C)CCC(C(=O)N2CCC3C(C#Cc4cccc(Cl)c4)=NOC32)CC1.Cc1cc(C(=O)N2CCC3C(C#Cc4cccc(Cl)c4)=NOC32)nn1C.O=C(C1=CCC=N1)N1CCC2C(C#Cc3cccc(Cl)c3)=NOC21. The lowest BCUT2D eigenvalue weighted by Gasteiger charge is -2.35. The highest BCUT2D eigenvalue weighted by molar-refractivity contribution is 6.31. The van der Waals surface area contributed by atoms with Gasteiger partial charge < -0.3 is 29.6 Å². The van der Waals surface area contributed by atoms with E-state index in [-0.39, 0.29) is 77.4 Å². The molecule has 4 aromatic carbocycles. The third-order valence-electron chi connectivity index (χ3n) is 19.1. The first-order valence-electron chi connectivity index (χ1n) is 34.3. The molecule has 0 spiro atoms. The number of halogens is 4. The summed E-state index contributed by atoms with van der Waals surface area (Å²) >= 11 is 23.9. The quantitative estimate of drug-likeness (QED) is 0.169. The molecule has 9 aliphatic heterocycles. The minimum absolute atomic E-state index is 0.00422. The zero-order chi connectivity index (χ0) is 71.8. The molecule has 0 bridgehead atoms. The number of aryl methyl sites for hydroxylation is 2. The third-order valence-corrected chi connectivity index (χ3v) is 20.1. The summed E-state index contributed by atoms with van der Waals surface area (Å²) in [5.74, 6) is 24.9. The molecule has 15 rings (SSSR count). The lowest BCUT2D eigenvalue weighted by Crippen LogP contribution is -2.46. The first-order chi connectivity index (χ1) is 49.0. The van der Waals surface area contributed by atoms with Gasteiger partial charge in [-0.25, -0.2) is 4.79 Å². The normalized spacial score (nSPS) is 23.3. The minimum atomic E-state index is -0.409. The monoisotopic (exact) mass is 1450 g/mol. The number of aromatic nitrogens is 2.